The van der Waals surface area contributed by atoms with E-state index in [-0.39, 0.29) is 37.2 Å². The van der Waals surface area contributed by atoms with Crippen LogP contribution in [-0.4, -0.2) is 50.5 Å². The Bertz CT molecular complexity index is 1120. The number of nitrogens with one attached hydrogen (secondary N) is 1. The molecular formula is C27H38ClN3O4S. The van der Waals surface area contributed by atoms with Crippen molar-refractivity contribution in [3.05, 3.63) is 64.7 Å². The second kappa shape index (κ2) is 13.7. The molecule has 2 rings (SSSR count). The van der Waals surface area contributed by atoms with Crippen LogP contribution in [0.15, 0.2) is 48.5 Å². The van der Waals surface area contributed by atoms with Crippen molar-refractivity contribution in [1.82, 2.24) is 10.2 Å². The summed E-state index contributed by atoms with van der Waals surface area (Å²) in [5.74, 6) is -0.101. The van der Waals surface area contributed by atoms with Crippen molar-refractivity contribution in [2.75, 3.05) is 23.7 Å². The Balaban J connectivity index is 2.20. The molecule has 0 aliphatic rings. The zero-order chi connectivity index (χ0) is 26.9. The van der Waals surface area contributed by atoms with E-state index in [4.69, 9.17) is 11.6 Å². The molecule has 1 N–H and O–H groups in total. The maximum Gasteiger partial charge on any atom is 0.242 e. The van der Waals surface area contributed by atoms with Crippen molar-refractivity contribution in [2.45, 2.75) is 59.5 Å². The fourth-order valence-electron chi connectivity index (χ4n) is 3.92. The van der Waals surface area contributed by atoms with Crippen LogP contribution in [0.4, 0.5) is 5.69 Å². The van der Waals surface area contributed by atoms with Gasteiger partial charge in [0.25, 0.3) is 0 Å². The maximum absolute atomic E-state index is 13.4. The molecular weight excluding hydrogens is 498 g/mol. The Hall–Kier alpha value is -2.58. The predicted octanol–water partition coefficient (Wildman–Crippen LogP) is 4.77. The minimum absolute atomic E-state index is 0.111. The topological polar surface area (TPSA) is 86.8 Å². The molecule has 0 saturated carbocycles. The quantitative estimate of drug-likeness (QED) is 0.400. The number of amides is 2. The Labute approximate surface area is 220 Å². The van der Waals surface area contributed by atoms with Crippen molar-refractivity contribution in [2.24, 2.45) is 5.92 Å². The van der Waals surface area contributed by atoms with Crippen LogP contribution in [0.1, 0.15) is 51.2 Å². The second-order valence-electron chi connectivity index (χ2n) is 9.49. The van der Waals surface area contributed by atoms with Crippen LogP contribution in [0.3, 0.4) is 0 Å². The SMILES string of the molecule is CCC(C(=O)NCC(C)C)N(Cc1ccc(Cl)cc1)C(=O)CCCN(c1cccc(C)c1)S(C)(=O)=O. The van der Waals surface area contributed by atoms with Crippen LogP contribution in [0, 0.1) is 12.8 Å². The van der Waals surface area contributed by atoms with Crippen LogP contribution < -0.4 is 9.62 Å². The molecule has 198 valence electrons. The van der Waals surface area contributed by atoms with E-state index in [0.29, 0.717) is 30.1 Å². The number of hydrogen-bond acceptors (Lipinski definition) is 4. The van der Waals surface area contributed by atoms with Gasteiger partial charge in [0.2, 0.25) is 21.8 Å². The second-order valence-corrected chi connectivity index (χ2v) is 11.8. The highest BCUT2D eigenvalue weighted by atomic mass is 35.5. The average Bonchev–Trinajstić information content (AvgIpc) is 2.80. The normalized spacial score (nSPS) is 12.3. The van der Waals surface area contributed by atoms with Crippen molar-refractivity contribution in [3.63, 3.8) is 0 Å². The molecule has 0 bridgehead atoms. The first-order valence-corrected chi connectivity index (χ1v) is 14.5. The number of anilines is 1. The maximum atomic E-state index is 13.4. The van der Waals surface area contributed by atoms with E-state index >= 15 is 0 Å². The van der Waals surface area contributed by atoms with Crippen LogP contribution in [0.5, 0.6) is 0 Å². The summed E-state index contributed by atoms with van der Waals surface area (Å²) < 4.78 is 26.2. The van der Waals surface area contributed by atoms with E-state index in [2.05, 4.69) is 5.32 Å². The Kier molecular flexibility index (Phi) is 11.2. The van der Waals surface area contributed by atoms with Gasteiger partial charge in [-0.05, 0) is 61.1 Å². The number of sulfonamides is 1. The lowest BCUT2D eigenvalue weighted by molar-refractivity contribution is -0.141. The number of benzene rings is 2. The molecule has 0 spiro atoms. The summed E-state index contributed by atoms with van der Waals surface area (Å²) in [6.45, 7) is 8.76. The van der Waals surface area contributed by atoms with Crippen LogP contribution in [0.25, 0.3) is 0 Å². The molecule has 0 radical (unpaired) electrons. The van der Waals surface area contributed by atoms with E-state index in [9.17, 15) is 18.0 Å². The number of aryl methyl sites for hydroxylation is 1. The van der Waals surface area contributed by atoms with E-state index in [0.717, 1.165) is 17.4 Å². The first-order chi connectivity index (χ1) is 16.9. The van der Waals surface area contributed by atoms with Gasteiger partial charge in [0, 0.05) is 31.1 Å². The third-order valence-corrected chi connectivity index (χ3v) is 7.22. The molecule has 0 heterocycles. The lowest BCUT2D eigenvalue weighted by Gasteiger charge is -2.31. The molecule has 2 aromatic carbocycles. The summed E-state index contributed by atoms with van der Waals surface area (Å²) in [5.41, 5.74) is 2.38. The average molecular weight is 536 g/mol. The highest BCUT2D eigenvalue weighted by Crippen LogP contribution is 2.21. The molecule has 36 heavy (non-hydrogen) atoms. The van der Waals surface area contributed by atoms with Gasteiger partial charge in [-0.3, -0.25) is 13.9 Å². The molecule has 1 atom stereocenters. The van der Waals surface area contributed by atoms with Gasteiger partial charge in [-0.2, -0.15) is 0 Å². The van der Waals surface area contributed by atoms with Crippen LogP contribution in [-0.2, 0) is 26.2 Å². The lowest BCUT2D eigenvalue weighted by atomic mass is 10.1. The highest BCUT2D eigenvalue weighted by molar-refractivity contribution is 7.92. The number of hydrogen-bond donors (Lipinski definition) is 1. The standard InChI is InChI=1S/C27H38ClN3O4S/c1-6-25(27(33)29-18-20(2)3)30(19-22-12-14-23(28)15-13-22)26(32)11-8-16-31(36(5,34)35)24-10-7-9-21(4)17-24/h7,9-10,12-15,17,20,25H,6,8,11,16,18-19H2,1-5H3,(H,29,33). The molecule has 0 aliphatic carbocycles. The summed E-state index contributed by atoms with van der Waals surface area (Å²) in [5, 5.41) is 3.54. The number of carbonyl (C=O) groups is 2. The predicted molar refractivity (Wildman–Crippen MR) is 147 cm³/mol. The van der Waals surface area contributed by atoms with E-state index in [1.54, 1.807) is 23.1 Å². The number of halogens is 1. The molecule has 2 aromatic rings. The Morgan fingerprint density at radius 2 is 1.75 bits per heavy atom. The van der Waals surface area contributed by atoms with Crippen LogP contribution in [0.2, 0.25) is 5.02 Å². The first kappa shape index (κ1) is 29.6. The summed E-state index contributed by atoms with van der Waals surface area (Å²) in [4.78, 5) is 28.0. The third kappa shape index (κ3) is 9.13. The summed E-state index contributed by atoms with van der Waals surface area (Å²) in [6.07, 6.45) is 2.05. The fourth-order valence-corrected chi connectivity index (χ4v) is 5.00. The number of nitrogens with zero attached hydrogens (tertiary/aromatic N) is 2. The summed E-state index contributed by atoms with van der Waals surface area (Å²) in [6, 6.07) is 13.8. The van der Waals surface area contributed by atoms with Gasteiger partial charge in [-0.25, -0.2) is 8.42 Å². The van der Waals surface area contributed by atoms with Gasteiger partial charge in [-0.1, -0.05) is 56.6 Å². The molecule has 0 aromatic heterocycles. The first-order valence-electron chi connectivity index (χ1n) is 12.3. The summed E-state index contributed by atoms with van der Waals surface area (Å²) in [7, 11) is -3.52. The van der Waals surface area contributed by atoms with Crippen molar-refractivity contribution < 1.29 is 18.0 Å². The summed E-state index contributed by atoms with van der Waals surface area (Å²) >= 11 is 6.02. The van der Waals surface area contributed by atoms with Gasteiger partial charge in [0.1, 0.15) is 6.04 Å². The van der Waals surface area contributed by atoms with Gasteiger partial charge in [-0.15, -0.1) is 0 Å². The minimum atomic E-state index is -3.52. The zero-order valence-corrected chi connectivity index (χ0v) is 23.4. The van der Waals surface area contributed by atoms with Gasteiger partial charge < -0.3 is 10.2 Å². The molecule has 1 unspecified atom stereocenters. The largest absolute Gasteiger partial charge is 0.354 e. The van der Waals surface area contributed by atoms with E-state index in [1.807, 2.05) is 58.0 Å². The minimum Gasteiger partial charge on any atom is -0.354 e. The van der Waals surface area contributed by atoms with Gasteiger partial charge in [0.15, 0.2) is 0 Å². The number of carbonyl (C=O) groups excluding carboxylic acids is 2. The van der Waals surface area contributed by atoms with Crippen molar-refractivity contribution >= 4 is 39.1 Å². The lowest BCUT2D eigenvalue weighted by Crippen LogP contribution is -2.49. The highest BCUT2D eigenvalue weighted by Gasteiger charge is 2.29. The van der Waals surface area contributed by atoms with E-state index < -0.39 is 16.1 Å². The van der Waals surface area contributed by atoms with E-state index in [1.165, 1.54) is 4.31 Å². The molecule has 0 aliphatic heterocycles. The zero-order valence-electron chi connectivity index (χ0n) is 21.8. The smallest absolute Gasteiger partial charge is 0.242 e. The molecule has 0 fully saturated rings. The van der Waals surface area contributed by atoms with Gasteiger partial charge in [0.05, 0.1) is 11.9 Å². The third-order valence-electron chi connectivity index (χ3n) is 5.78. The Morgan fingerprint density at radius 1 is 1.08 bits per heavy atom. The Morgan fingerprint density at radius 3 is 2.31 bits per heavy atom. The monoisotopic (exact) mass is 535 g/mol. The van der Waals surface area contributed by atoms with Crippen LogP contribution >= 0.6 is 11.6 Å². The molecule has 0 saturated heterocycles. The molecule has 9 heteroatoms. The molecule has 7 nitrogen and oxygen atoms in total. The van der Waals surface area contributed by atoms with Crippen molar-refractivity contribution in [1.29, 1.82) is 0 Å². The van der Waals surface area contributed by atoms with Crippen molar-refractivity contribution in [3.8, 4) is 0 Å². The number of rotatable bonds is 13. The fraction of sp³-hybridized carbons (Fsp3) is 0.481. The molecule has 2 amide bonds. The van der Waals surface area contributed by atoms with Gasteiger partial charge >= 0.3 is 0 Å².